The molecule has 0 aromatic rings. The summed E-state index contributed by atoms with van der Waals surface area (Å²) >= 11 is 0. The third-order valence-corrected chi connectivity index (χ3v) is 10.5. The summed E-state index contributed by atoms with van der Waals surface area (Å²) in [4.78, 5) is 37.5. The summed E-state index contributed by atoms with van der Waals surface area (Å²) in [7, 11) is 1.07. The number of unbranched alkanes of at least 4 members (excludes halogenated alkanes) is 7. The summed E-state index contributed by atoms with van der Waals surface area (Å²) in [6.07, 6.45) is 52.2. The smallest absolute Gasteiger partial charge is 0.306 e. The molecule has 0 N–H and O–H groups in total. The van der Waals surface area contributed by atoms with Crippen molar-refractivity contribution in [3.63, 3.8) is 0 Å². The molecule has 1 rings (SSSR count). The zero-order valence-corrected chi connectivity index (χ0v) is 39.4. The lowest BCUT2D eigenvalue weighted by atomic mass is 10.1. The van der Waals surface area contributed by atoms with Crippen molar-refractivity contribution in [2.24, 2.45) is 0 Å². The van der Waals surface area contributed by atoms with Gasteiger partial charge in [0, 0.05) is 12.8 Å². The number of rotatable bonds is 39. The van der Waals surface area contributed by atoms with Gasteiger partial charge in [-0.2, -0.15) is 0 Å². The molecule has 61 heavy (non-hydrogen) atoms. The molecule has 0 radical (unpaired) electrons. The van der Waals surface area contributed by atoms with E-state index in [1.807, 2.05) is 39.4 Å². The fraction of sp³-hybridized carbons (Fsp3) is 0.640. The fourth-order valence-electron chi connectivity index (χ4n) is 5.79. The van der Waals surface area contributed by atoms with Crippen molar-refractivity contribution in [1.29, 1.82) is 0 Å². The number of carbonyl (C=O) groups is 2. The van der Waals surface area contributed by atoms with Crippen molar-refractivity contribution in [2.75, 3.05) is 47.5 Å². The number of ether oxygens (including phenoxy) is 3. The Kier molecular flexibility index (Phi) is 34.3. The highest BCUT2D eigenvalue weighted by Crippen LogP contribution is 2.38. The van der Waals surface area contributed by atoms with Crippen LogP contribution in [-0.2, 0) is 37.4 Å². The maximum atomic E-state index is 12.7. The Morgan fingerprint density at radius 2 is 1.11 bits per heavy atom. The second kappa shape index (κ2) is 37.4. The van der Waals surface area contributed by atoms with Crippen molar-refractivity contribution in [2.45, 2.75) is 161 Å². The number of phosphoric ester groups is 1. The van der Waals surface area contributed by atoms with Crippen LogP contribution in [0.15, 0.2) is 97.2 Å². The van der Waals surface area contributed by atoms with E-state index in [1.54, 1.807) is 0 Å². The first-order valence-electron chi connectivity index (χ1n) is 23.1. The van der Waals surface area contributed by atoms with Crippen LogP contribution in [0, 0.1) is 0 Å². The molecule has 11 heteroatoms. The number of carbonyl (C=O) groups excluding carboxylic acids is 2. The Bertz CT molecular complexity index is 1420. The van der Waals surface area contributed by atoms with Gasteiger partial charge in [-0.3, -0.25) is 14.2 Å². The highest BCUT2D eigenvalue weighted by molar-refractivity contribution is 7.45. The second-order valence-corrected chi connectivity index (χ2v) is 17.8. The monoisotopic (exact) mass is 872 g/mol. The molecule has 1 fully saturated rings. The van der Waals surface area contributed by atoms with E-state index >= 15 is 0 Å². The van der Waals surface area contributed by atoms with E-state index in [4.69, 9.17) is 23.3 Å². The second-order valence-electron chi connectivity index (χ2n) is 16.4. The summed E-state index contributed by atoms with van der Waals surface area (Å²) in [6, 6.07) is 0. The van der Waals surface area contributed by atoms with E-state index in [-0.39, 0.29) is 26.1 Å². The molecule has 10 nitrogen and oxygen atoms in total. The number of hydrogen-bond acceptors (Lipinski definition) is 9. The maximum absolute atomic E-state index is 12.7. The minimum Gasteiger partial charge on any atom is -0.756 e. The predicted molar refractivity (Wildman–Crippen MR) is 249 cm³/mol. The Morgan fingerprint density at radius 1 is 0.607 bits per heavy atom. The third kappa shape index (κ3) is 38.3. The van der Waals surface area contributed by atoms with Crippen molar-refractivity contribution < 1.29 is 46.8 Å². The van der Waals surface area contributed by atoms with E-state index in [1.165, 1.54) is 38.5 Å². The molecule has 0 aromatic heterocycles. The van der Waals surface area contributed by atoms with Crippen LogP contribution in [0.2, 0.25) is 0 Å². The summed E-state index contributed by atoms with van der Waals surface area (Å²) in [5, 5.41) is 0. The molecule has 346 valence electrons. The maximum Gasteiger partial charge on any atom is 0.306 e. The first-order chi connectivity index (χ1) is 29.5. The largest absolute Gasteiger partial charge is 0.756 e. The SMILES string of the molecule is CC/C=C\CC1OC1C/C=C\C/C=C\C/C=C\C/C=C\CCC(=O)OC[C@H](COP(=O)([O-])OCC[N+](C)(C)C)OC(=O)CCC/C=C\C/C=C\C/C=C\CCCCCCCC. The average molecular weight is 872 g/mol. The van der Waals surface area contributed by atoms with Crippen molar-refractivity contribution in [3.05, 3.63) is 97.2 Å². The Morgan fingerprint density at radius 3 is 1.69 bits per heavy atom. The zero-order chi connectivity index (χ0) is 44.7. The molecule has 1 heterocycles. The van der Waals surface area contributed by atoms with Crippen LogP contribution in [0.3, 0.4) is 0 Å². The summed E-state index contributed by atoms with van der Waals surface area (Å²) in [6.45, 7) is 3.93. The van der Waals surface area contributed by atoms with Gasteiger partial charge in [-0.25, -0.2) is 0 Å². The number of nitrogens with zero attached hydrogens (tertiary/aromatic N) is 1. The van der Waals surface area contributed by atoms with E-state index in [9.17, 15) is 19.0 Å². The van der Waals surface area contributed by atoms with Gasteiger partial charge in [0.25, 0.3) is 7.82 Å². The van der Waals surface area contributed by atoms with Gasteiger partial charge in [0.15, 0.2) is 6.10 Å². The average Bonchev–Trinajstić information content (AvgIpc) is 3.97. The Labute approximate surface area is 370 Å². The van der Waals surface area contributed by atoms with Crippen LogP contribution < -0.4 is 4.89 Å². The lowest BCUT2D eigenvalue weighted by Gasteiger charge is -2.28. The van der Waals surface area contributed by atoms with Gasteiger partial charge in [-0.15, -0.1) is 0 Å². The molecule has 0 bridgehead atoms. The van der Waals surface area contributed by atoms with Gasteiger partial charge in [0.05, 0.1) is 40.0 Å². The zero-order valence-electron chi connectivity index (χ0n) is 38.5. The van der Waals surface area contributed by atoms with E-state index in [0.717, 1.165) is 57.8 Å². The minimum absolute atomic E-state index is 0.0585. The first kappa shape index (κ1) is 55.9. The van der Waals surface area contributed by atoms with Crippen LogP contribution in [0.1, 0.15) is 142 Å². The van der Waals surface area contributed by atoms with Gasteiger partial charge in [0.2, 0.25) is 0 Å². The number of esters is 2. The van der Waals surface area contributed by atoms with Crippen molar-refractivity contribution >= 4 is 19.8 Å². The highest BCUT2D eigenvalue weighted by Gasteiger charge is 2.36. The van der Waals surface area contributed by atoms with Crippen LogP contribution in [0.4, 0.5) is 0 Å². The third-order valence-electron chi connectivity index (χ3n) is 9.50. The fourth-order valence-corrected chi connectivity index (χ4v) is 6.52. The van der Waals surface area contributed by atoms with Gasteiger partial charge in [0.1, 0.15) is 19.8 Å². The van der Waals surface area contributed by atoms with Gasteiger partial charge >= 0.3 is 11.9 Å². The number of hydrogen-bond donors (Lipinski definition) is 0. The number of quaternary nitrogens is 1. The molecule has 0 aliphatic carbocycles. The van der Waals surface area contributed by atoms with Crippen molar-refractivity contribution in [1.82, 2.24) is 0 Å². The number of phosphoric acid groups is 1. The van der Waals surface area contributed by atoms with E-state index < -0.39 is 32.5 Å². The summed E-state index contributed by atoms with van der Waals surface area (Å²) < 4.78 is 39.5. The Hall–Kier alpha value is -3.11. The number of allylic oxidation sites excluding steroid dienone is 14. The Balaban J connectivity index is 2.36. The number of epoxide rings is 1. The molecule has 1 aliphatic heterocycles. The van der Waals surface area contributed by atoms with Crippen LogP contribution in [-0.4, -0.2) is 82.2 Å². The number of likely N-dealkylation sites (N-methyl/N-ethyl adjacent to an activating group) is 1. The molecule has 1 saturated heterocycles. The molecule has 0 spiro atoms. The molecular weight excluding hydrogens is 790 g/mol. The molecule has 4 atom stereocenters. The summed E-state index contributed by atoms with van der Waals surface area (Å²) in [5.41, 5.74) is 0. The molecule has 0 aromatic carbocycles. The van der Waals surface area contributed by atoms with Crippen LogP contribution >= 0.6 is 7.82 Å². The van der Waals surface area contributed by atoms with Crippen molar-refractivity contribution in [3.8, 4) is 0 Å². The van der Waals surface area contributed by atoms with Gasteiger partial charge in [-0.1, -0.05) is 143 Å². The normalized spacial score (nSPS) is 17.7. The molecule has 0 amide bonds. The molecule has 0 saturated carbocycles. The van der Waals surface area contributed by atoms with Gasteiger partial charge in [-0.05, 0) is 83.5 Å². The lowest BCUT2D eigenvalue weighted by molar-refractivity contribution is -0.870. The first-order valence-corrected chi connectivity index (χ1v) is 24.5. The lowest BCUT2D eigenvalue weighted by Crippen LogP contribution is -2.37. The molecule has 1 aliphatic rings. The van der Waals surface area contributed by atoms with Crippen LogP contribution in [0.5, 0.6) is 0 Å². The van der Waals surface area contributed by atoms with Gasteiger partial charge < -0.3 is 32.6 Å². The highest BCUT2D eigenvalue weighted by atomic mass is 31.2. The van der Waals surface area contributed by atoms with Crippen LogP contribution in [0.25, 0.3) is 0 Å². The van der Waals surface area contributed by atoms with E-state index in [2.05, 4.69) is 92.8 Å². The standard InChI is InChI=1S/C50H82NO9P/c1-6-8-10-11-12-13-14-15-16-17-18-19-24-27-30-33-37-41-50(53)59-46(45-58-61(54,55)57-43-42-51(3,4)5)44-56-49(52)40-36-32-29-26-23-21-20-22-25-28-31-35-39-48-47(60-48)38-34-9-7-2/h9,15-16,18-19,21-23,25,27,29-32,34-35,46-48H,6-8,10-14,17,20,24,26,28,33,36-45H2,1-5H3/b16-15-,19-18-,23-21-,25-22-,30-27-,32-29-,34-9-,35-31-/t46-,47?,48?/m1/s1. The molecular formula is C50H82NO9P. The summed E-state index contributed by atoms with van der Waals surface area (Å²) in [5.74, 6) is -1.01. The molecule has 3 unspecified atom stereocenters. The quantitative estimate of drug-likeness (QED) is 0.0148. The van der Waals surface area contributed by atoms with E-state index in [0.29, 0.717) is 42.5 Å². The topological polar surface area (TPSA) is 124 Å². The predicted octanol–water partition coefficient (Wildman–Crippen LogP) is 11.7. The minimum atomic E-state index is -4.67.